The number of aryl methyl sites for hydroxylation is 1. The average Bonchev–Trinajstić information content (AvgIpc) is 2.59. The predicted molar refractivity (Wildman–Crippen MR) is 106 cm³/mol. The van der Waals surface area contributed by atoms with E-state index in [9.17, 15) is 14.4 Å². The molecule has 7 nitrogen and oxygen atoms in total. The van der Waals surface area contributed by atoms with Crippen molar-refractivity contribution in [1.82, 2.24) is 14.5 Å². The number of carbonyl (C=O) groups is 1. The summed E-state index contributed by atoms with van der Waals surface area (Å²) in [5, 5.41) is 3.16. The summed E-state index contributed by atoms with van der Waals surface area (Å²) >= 11 is 0. The van der Waals surface area contributed by atoms with Crippen LogP contribution in [0, 0.1) is 0 Å². The van der Waals surface area contributed by atoms with Gasteiger partial charge in [-0.25, -0.2) is 4.79 Å². The molecule has 0 atom stereocenters. The molecule has 7 heteroatoms. The maximum atomic E-state index is 13.0. The van der Waals surface area contributed by atoms with Gasteiger partial charge in [-0.05, 0) is 45.4 Å². The molecule has 1 aromatic heterocycles. The molecule has 1 aromatic carbocycles. The molecule has 0 aliphatic rings. The lowest BCUT2D eigenvalue weighted by molar-refractivity contribution is -0.123. The van der Waals surface area contributed by atoms with Crippen molar-refractivity contribution < 1.29 is 9.53 Å². The Balaban J connectivity index is 2.59. The van der Waals surface area contributed by atoms with Crippen LogP contribution in [0.15, 0.2) is 27.8 Å². The first-order chi connectivity index (χ1) is 12.7. The van der Waals surface area contributed by atoms with Crippen molar-refractivity contribution in [1.29, 1.82) is 0 Å². The number of benzene rings is 1. The minimum atomic E-state index is -0.482. The molecule has 148 valence electrons. The monoisotopic (exact) mass is 375 g/mol. The van der Waals surface area contributed by atoms with Gasteiger partial charge in [0, 0.05) is 12.1 Å². The zero-order valence-corrected chi connectivity index (χ0v) is 16.8. The molecule has 0 bridgehead atoms. The van der Waals surface area contributed by atoms with E-state index in [4.69, 9.17) is 4.74 Å². The molecule has 2 aromatic rings. The van der Waals surface area contributed by atoms with Crippen LogP contribution in [0.3, 0.4) is 0 Å². The van der Waals surface area contributed by atoms with E-state index < -0.39 is 16.8 Å². The third kappa shape index (κ3) is 4.99. The number of nitrogens with one attached hydrogen (secondary N) is 1. The van der Waals surface area contributed by atoms with Crippen LogP contribution in [0.25, 0.3) is 10.9 Å². The van der Waals surface area contributed by atoms with Gasteiger partial charge < -0.3 is 10.1 Å². The third-order valence-electron chi connectivity index (χ3n) is 4.23. The molecular weight excluding hydrogens is 346 g/mol. The number of aromatic nitrogens is 2. The standard InChI is InChI=1S/C20H29N3O4/c1-6-7-8-11-22-16-10-9-14(27-5)12-15(16)18(25)23(19(22)26)13-17(24)21-20(2,3)4/h9-10,12H,6-8,11,13H2,1-5H3,(H,21,24). The Bertz CT molecular complexity index is 935. The van der Waals surface area contributed by atoms with Crippen molar-refractivity contribution in [2.45, 2.75) is 65.6 Å². The van der Waals surface area contributed by atoms with Gasteiger partial charge in [-0.2, -0.15) is 0 Å². The van der Waals surface area contributed by atoms with Crippen LogP contribution >= 0.6 is 0 Å². The van der Waals surface area contributed by atoms with Crippen LogP contribution in [0.2, 0.25) is 0 Å². The first-order valence-corrected chi connectivity index (χ1v) is 9.30. The van der Waals surface area contributed by atoms with Crippen molar-refractivity contribution in [2.24, 2.45) is 0 Å². The van der Waals surface area contributed by atoms with Gasteiger partial charge >= 0.3 is 5.69 Å². The number of hydrogen-bond acceptors (Lipinski definition) is 4. The molecule has 0 aliphatic carbocycles. The fraction of sp³-hybridized carbons (Fsp3) is 0.550. The summed E-state index contributed by atoms with van der Waals surface area (Å²) < 4.78 is 7.81. The largest absolute Gasteiger partial charge is 0.497 e. The molecule has 0 fully saturated rings. The van der Waals surface area contributed by atoms with E-state index in [1.54, 1.807) is 22.8 Å². The van der Waals surface area contributed by atoms with Crippen LogP contribution in [0.4, 0.5) is 0 Å². The number of carbonyl (C=O) groups excluding carboxylic acids is 1. The van der Waals surface area contributed by atoms with E-state index in [1.807, 2.05) is 20.8 Å². The summed E-state index contributed by atoms with van der Waals surface area (Å²) in [7, 11) is 1.52. The molecule has 0 aliphatic heterocycles. The molecule has 1 amide bonds. The van der Waals surface area contributed by atoms with Crippen LogP contribution < -0.4 is 21.3 Å². The van der Waals surface area contributed by atoms with Gasteiger partial charge in [-0.15, -0.1) is 0 Å². The van der Waals surface area contributed by atoms with E-state index >= 15 is 0 Å². The number of ether oxygens (including phenoxy) is 1. The van der Waals surface area contributed by atoms with E-state index in [0.717, 1.165) is 23.8 Å². The highest BCUT2D eigenvalue weighted by atomic mass is 16.5. The first kappa shape index (κ1) is 20.7. The van der Waals surface area contributed by atoms with E-state index in [1.165, 1.54) is 7.11 Å². The summed E-state index contributed by atoms with van der Waals surface area (Å²) in [6.07, 6.45) is 2.83. The molecule has 0 saturated heterocycles. The van der Waals surface area contributed by atoms with Crippen LogP contribution in [0.5, 0.6) is 5.75 Å². The predicted octanol–water partition coefficient (Wildman–Crippen LogP) is 2.28. The number of fused-ring (bicyclic) bond motifs is 1. The van der Waals surface area contributed by atoms with Crippen molar-refractivity contribution in [3.8, 4) is 5.75 Å². The molecule has 1 heterocycles. The van der Waals surface area contributed by atoms with Crippen LogP contribution in [-0.2, 0) is 17.9 Å². The van der Waals surface area contributed by atoms with Gasteiger partial charge in [-0.1, -0.05) is 19.8 Å². The van der Waals surface area contributed by atoms with Gasteiger partial charge in [0.1, 0.15) is 12.3 Å². The molecule has 1 N–H and O–H groups in total. The van der Waals surface area contributed by atoms with Crippen LogP contribution in [-0.4, -0.2) is 27.7 Å². The van der Waals surface area contributed by atoms with Gasteiger partial charge in [0.25, 0.3) is 5.56 Å². The van der Waals surface area contributed by atoms with Gasteiger partial charge in [-0.3, -0.25) is 18.7 Å². The minimum Gasteiger partial charge on any atom is -0.497 e. The Morgan fingerprint density at radius 3 is 2.44 bits per heavy atom. The fourth-order valence-corrected chi connectivity index (χ4v) is 3.01. The van der Waals surface area contributed by atoms with E-state index in [-0.39, 0.29) is 12.5 Å². The van der Waals surface area contributed by atoms with Gasteiger partial charge in [0.15, 0.2) is 0 Å². The molecule has 0 unspecified atom stereocenters. The molecule has 0 spiro atoms. The molecule has 0 radical (unpaired) electrons. The van der Waals surface area contributed by atoms with Crippen LogP contribution in [0.1, 0.15) is 47.0 Å². The highest BCUT2D eigenvalue weighted by Crippen LogP contribution is 2.17. The lowest BCUT2D eigenvalue weighted by Gasteiger charge is -2.21. The zero-order valence-electron chi connectivity index (χ0n) is 16.8. The zero-order chi connectivity index (χ0) is 20.2. The molecule has 2 rings (SSSR count). The number of nitrogens with zero attached hydrogens (tertiary/aromatic N) is 2. The smallest absolute Gasteiger partial charge is 0.331 e. The normalized spacial score (nSPS) is 11.6. The number of methoxy groups -OCH3 is 1. The summed E-state index contributed by atoms with van der Waals surface area (Å²) in [4.78, 5) is 38.2. The number of rotatable bonds is 7. The maximum absolute atomic E-state index is 13.0. The second kappa shape index (κ2) is 8.41. The summed E-state index contributed by atoms with van der Waals surface area (Å²) in [5.74, 6) is 0.160. The summed E-state index contributed by atoms with van der Waals surface area (Å²) in [6.45, 7) is 7.82. The summed E-state index contributed by atoms with van der Waals surface area (Å²) in [6, 6.07) is 5.07. The Hall–Kier alpha value is -2.57. The van der Waals surface area contributed by atoms with Crippen molar-refractivity contribution in [3.05, 3.63) is 39.0 Å². The number of hydrogen-bond donors (Lipinski definition) is 1. The van der Waals surface area contributed by atoms with Crippen molar-refractivity contribution in [2.75, 3.05) is 7.11 Å². The lowest BCUT2D eigenvalue weighted by atomic mass is 10.1. The lowest BCUT2D eigenvalue weighted by Crippen LogP contribution is -2.47. The van der Waals surface area contributed by atoms with Gasteiger partial charge in [0.05, 0.1) is 18.0 Å². The topological polar surface area (TPSA) is 82.3 Å². The number of amides is 1. The Morgan fingerprint density at radius 2 is 1.85 bits per heavy atom. The average molecular weight is 375 g/mol. The summed E-state index contributed by atoms with van der Waals surface area (Å²) in [5.41, 5.74) is -0.821. The minimum absolute atomic E-state index is 0.310. The SMILES string of the molecule is CCCCCn1c(=O)n(CC(=O)NC(C)(C)C)c(=O)c2cc(OC)ccc21. The van der Waals surface area contributed by atoms with Crippen molar-refractivity contribution in [3.63, 3.8) is 0 Å². The second-order valence-corrected chi connectivity index (χ2v) is 7.71. The number of unbranched alkanes of at least 4 members (excludes halogenated alkanes) is 2. The highest BCUT2D eigenvalue weighted by Gasteiger charge is 2.19. The second-order valence-electron chi connectivity index (χ2n) is 7.71. The quantitative estimate of drug-likeness (QED) is 0.753. The van der Waals surface area contributed by atoms with E-state index in [2.05, 4.69) is 12.2 Å². The molecular formula is C20H29N3O4. The molecule has 27 heavy (non-hydrogen) atoms. The maximum Gasteiger partial charge on any atom is 0.331 e. The van der Waals surface area contributed by atoms with Crippen molar-refractivity contribution >= 4 is 16.8 Å². The Morgan fingerprint density at radius 1 is 1.15 bits per heavy atom. The highest BCUT2D eigenvalue weighted by molar-refractivity contribution is 5.81. The van der Waals surface area contributed by atoms with Gasteiger partial charge in [0.2, 0.25) is 5.91 Å². The fourth-order valence-electron chi connectivity index (χ4n) is 3.01. The molecule has 0 saturated carbocycles. The Labute approximate surface area is 158 Å². The van der Waals surface area contributed by atoms with E-state index in [0.29, 0.717) is 23.2 Å². The first-order valence-electron chi connectivity index (χ1n) is 9.30. The third-order valence-corrected chi connectivity index (χ3v) is 4.23. The Kier molecular flexibility index (Phi) is 6.46.